The molecule has 0 aromatic heterocycles. The molecule has 1 N–H and O–H groups in total. The van der Waals surface area contributed by atoms with Gasteiger partial charge in [0.15, 0.2) is 15.6 Å². The average Bonchev–Trinajstić information content (AvgIpc) is 2.79. The third-order valence-corrected chi connectivity index (χ3v) is 7.94. The number of ether oxygens (including phenoxy) is 1. The molecular formula is C26H26Cl2N2O4S. The quantitative estimate of drug-likeness (QED) is 0.472. The first-order valence-electron chi connectivity index (χ1n) is 11.1. The highest BCUT2D eigenvalue weighted by atomic mass is 35.5. The van der Waals surface area contributed by atoms with Crippen LogP contribution >= 0.6 is 23.2 Å². The van der Waals surface area contributed by atoms with Crippen molar-refractivity contribution in [3.8, 4) is 6.07 Å². The van der Waals surface area contributed by atoms with E-state index in [1.807, 2.05) is 30.3 Å². The van der Waals surface area contributed by atoms with Gasteiger partial charge in [-0.15, -0.1) is 0 Å². The monoisotopic (exact) mass is 532 g/mol. The standard InChI is InChI=1S/C26H26Cl2N2O4S/c1-4-35(32,33)20-12-10-18(11-13-20)14-23(31)30-26(34-17(2)3)15-22(27)24(25(28)21(26)16-29)19-8-6-5-7-9-19/h5-13,15,17,21H,4,14H2,1-3H3,(H,30,31). The van der Waals surface area contributed by atoms with Crippen molar-refractivity contribution in [2.45, 2.75) is 43.9 Å². The van der Waals surface area contributed by atoms with Gasteiger partial charge in [-0.3, -0.25) is 4.79 Å². The Labute approximate surface area is 216 Å². The number of allylic oxidation sites excluding steroid dienone is 2. The lowest BCUT2D eigenvalue weighted by atomic mass is 9.85. The molecule has 0 spiro atoms. The smallest absolute Gasteiger partial charge is 0.226 e. The van der Waals surface area contributed by atoms with Crippen LogP contribution in [0.25, 0.3) is 5.57 Å². The molecule has 2 unspecified atom stereocenters. The number of sulfone groups is 1. The summed E-state index contributed by atoms with van der Waals surface area (Å²) in [5, 5.41) is 13.3. The van der Waals surface area contributed by atoms with Crippen molar-refractivity contribution in [3.05, 3.63) is 81.9 Å². The van der Waals surface area contributed by atoms with Crippen LogP contribution in [0.15, 0.2) is 75.6 Å². The molecule has 9 heteroatoms. The number of nitriles is 1. The SMILES string of the molecule is CCS(=O)(=O)c1ccc(CC(=O)NC2(OC(C)C)C=C(Cl)C(c3ccccc3)=C(Cl)C2C#N)cc1. The molecule has 3 rings (SSSR count). The number of carbonyl (C=O) groups is 1. The summed E-state index contributed by atoms with van der Waals surface area (Å²) in [6.45, 7) is 5.13. The Bertz CT molecular complexity index is 1300. The van der Waals surface area contributed by atoms with Crippen LogP contribution in [0.3, 0.4) is 0 Å². The van der Waals surface area contributed by atoms with Crippen LogP contribution < -0.4 is 5.32 Å². The van der Waals surface area contributed by atoms with Crippen molar-refractivity contribution in [2.24, 2.45) is 5.92 Å². The number of nitrogens with one attached hydrogen (secondary N) is 1. The summed E-state index contributed by atoms with van der Waals surface area (Å²) in [5.41, 5.74) is 0.261. The van der Waals surface area contributed by atoms with Crippen molar-refractivity contribution in [3.63, 3.8) is 0 Å². The second-order valence-corrected chi connectivity index (χ2v) is 11.5. The second kappa shape index (κ2) is 11.0. The molecular weight excluding hydrogens is 507 g/mol. The molecule has 0 saturated carbocycles. The Balaban J connectivity index is 1.93. The summed E-state index contributed by atoms with van der Waals surface area (Å²) in [6, 6.07) is 17.5. The van der Waals surface area contributed by atoms with E-state index in [9.17, 15) is 18.5 Å². The van der Waals surface area contributed by atoms with Crippen molar-refractivity contribution in [2.75, 3.05) is 5.75 Å². The third kappa shape index (κ3) is 5.96. The van der Waals surface area contributed by atoms with Gasteiger partial charge in [0, 0.05) is 10.6 Å². The molecule has 6 nitrogen and oxygen atoms in total. The van der Waals surface area contributed by atoms with E-state index >= 15 is 0 Å². The van der Waals surface area contributed by atoms with Gasteiger partial charge in [0.05, 0.1) is 34.3 Å². The highest BCUT2D eigenvalue weighted by molar-refractivity contribution is 7.91. The van der Waals surface area contributed by atoms with Gasteiger partial charge in [-0.2, -0.15) is 5.26 Å². The van der Waals surface area contributed by atoms with Gasteiger partial charge < -0.3 is 10.1 Å². The lowest BCUT2D eigenvalue weighted by Gasteiger charge is -2.40. The van der Waals surface area contributed by atoms with Crippen LogP contribution in [0.4, 0.5) is 0 Å². The number of hydrogen-bond acceptors (Lipinski definition) is 5. The van der Waals surface area contributed by atoms with Gasteiger partial charge in [0.1, 0.15) is 5.92 Å². The largest absolute Gasteiger partial charge is 0.348 e. The Morgan fingerprint density at radius 1 is 1.14 bits per heavy atom. The molecule has 1 aliphatic carbocycles. The Morgan fingerprint density at radius 2 is 1.77 bits per heavy atom. The minimum Gasteiger partial charge on any atom is -0.348 e. The maximum atomic E-state index is 13.1. The number of carbonyl (C=O) groups excluding carboxylic acids is 1. The third-order valence-electron chi connectivity index (χ3n) is 5.49. The minimum atomic E-state index is -3.34. The summed E-state index contributed by atoms with van der Waals surface area (Å²) < 4.78 is 30.2. The fourth-order valence-electron chi connectivity index (χ4n) is 3.88. The van der Waals surface area contributed by atoms with Crippen LogP contribution in [0.5, 0.6) is 0 Å². The average molecular weight is 533 g/mol. The molecule has 2 atom stereocenters. The van der Waals surface area contributed by atoms with Gasteiger partial charge in [-0.25, -0.2) is 8.42 Å². The maximum absolute atomic E-state index is 13.1. The molecule has 1 aliphatic rings. The molecule has 35 heavy (non-hydrogen) atoms. The number of halogens is 2. The van der Waals surface area contributed by atoms with Crippen LogP contribution in [-0.4, -0.2) is 31.9 Å². The molecule has 2 aromatic carbocycles. The predicted octanol–water partition coefficient (Wildman–Crippen LogP) is 5.19. The maximum Gasteiger partial charge on any atom is 0.226 e. The second-order valence-electron chi connectivity index (χ2n) is 8.38. The summed E-state index contributed by atoms with van der Waals surface area (Å²) in [4.78, 5) is 13.3. The van der Waals surface area contributed by atoms with Gasteiger partial charge in [0.25, 0.3) is 0 Å². The first-order valence-corrected chi connectivity index (χ1v) is 13.5. The fourth-order valence-corrected chi connectivity index (χ4v) is 5.61. The zero-order valence-corrected chi connectivity index (χ0v) is 21.9. The normalized spacial score (nSPS) is 20.4. The lowest BCUT2D eigenvalue weighted by molar-refractivity contribution is -0.135. The zero-order valence-electron chi connectivity index (χ0n) is 19.6. The first-order chi connectivity index (χ1) is 16.5. The van der Waals surface area contributed by atoms with E-state index < -0.39 is 27.4 Å². The Morgan fingerprint density at radius 3 is 2.31 bits per heavy atom. The van der Waals surface area contributed by atoms with E-state index in [-0.39, 0.29) is 33.2 Å². The van der Waals surface area contributed by atoms with Crippen LogP contribution in [0, 0.1) is 17.2 Å². The summed E-state index contributed by atoms with van der Waals surface area (Å²) >= 11 is 13.3. The molecule has 2 aromatic rings. The molecule has 0 fully saturated rings. The van der Waals surface area contributed by atoms with Gasteiger partial charge >= 0.3 is 0 Å². The fraction of sp³-hybridized carbons (Fsp3) is 0.308. The number of nitrogens with zero attached hydrogens (tertiary/aromatic N) is 1. The van der Waals surface area contributed by atoms with Gasteiger partial charge in [-0.1, -0.05) is 72.6 Å². The molecule has 1 amide bonds. The van der Waals surface area contributed by atoms with Crippen molar-refractivity contribution in [1.29, 1.82) is 5.26 Å². The van der Waals surface area contributed by atoms with Crippen molar-refractivity contribution >= 4 is 44.5 Å². The van der Waals surface area contributed by atoms with Gasteiger partial charge in [0.2, 0.25) is 5.91 Å². The molecule has 0 bridgehead atoms. The van der Waals surface area contributed by atoms with Gasteiger partial charge in [-0.05, 0) is 43.2 Å². The Hall–Kier alpha value is -2.63. The van der Waals surface area contributed by atoms with E-state index in [0.29, 0.717) is 11.1 Å². The van der Waals surface area contributed by atoms with Crippen LogP contribution in [0.1, 0.15) is 31.9 Å². The number of benzene rings is 2. The van der Waals surface area contributed by atoms with E-state index in [2.05, 4.69) is 11.4 Å². The number of rotatable bonds is 8. The lowest BCUT2D eigenvalue weighted by Crippen LogP contribution is -2.57. The van der Waals surface area contributed by atoms with E-state index in [1.54, 1.807) is 32.9 Å². The number of hydrogen-bond donors (Lipinski definition) is 1. The topological polar surface area (TPSA) is 96.3 Å². The first kappa shape index (κ1) is 27.0. The summed E-state index contributed by atoms with van der Waals surface area (Å²) in [6.07, 6.45) is 1.09. The Kier molecular flexibility index (Phi) is 8.45. The highest BCUT2D eigenvalue weighted by Gasteiger charge is 2.47. The molecule has 0 heterocycles. The van der Waals surface area contributed by atoms with Crippen LogP contribution in [0.2, 0.25) is 0 Å². The zero-order chi connectivity index (χ0) is 25.8. The van der Waals surface area contributed by atoms with Crippen LogP contribution in [-0.2, 0) is 25.8 Å². The minimum absolute atomic E-state index is 0.0101. The molecule has 0 saturated heterocycles. The summed E-state index contributed by atoms with van der Waals surface area (Å²) in [5.74, 6) is -1.50. The van der Waals surface area contributed by atoms with Crippen molar-refractivity contribution in [1.82, 2.24) is 5.32 Å². The predicted molar refractivity (Wildman–Crippen MR) is 137 cm³/mol. The van der Waals surface area contributed by atoms with E-state index in [0.717, 1.165) is 5.56 Å². The summed E-state index contributed by atoms with van der Waals surface area (Å²) in [7, 11) is -3.34. The molecule has 0 radical (unpaired) electrons. The van der Waals surface area contributed by atoms with E-state index in [4.69, 9.17) is 27.9 Å². The highest BCUT2D eigenvalue weighted by Crippen LogP contribution is 2.45. The number of amides is 1. The molecule has 0 aliphatic heterocycles. The molecule has 184 valence electrons. The van der Waals surface area contributed by atoms with Crippen molar-refractivity contribution < 1.29 is 17.9 Å². The van der Waals surface area contributed by atoms with E-state index in [1.165, 1.54) is 18.2 Å².